The Hall–Kier alpha value is -1.59. The molecule has 2 unspecified atom stereocenters. The molecular formula is C13H16N2O3. The highest BCUT2D eigenvalue weighted by molar-refractivity contribution is 5.79. The summed E-state index contributed by atoms with van der Waals surface area (Å²) in [6.07, 6.45) is 0. The van der Waals surface area contributed by atoms with Crippen LogP contribution in [0.2, 0.25) is 0 Å². The molecular weight excluding hydrogens is 232 g/mol. The summed E-state index contributed by atoms with van der Waals surface area (Å²) in [4.78, 5) is 4.55. The normalized spacial score (nSPS) is 23.7. The summed E-state index contributed by atoms with van der Waals surface area (Å²) in [6.45, 7) is 1.33. The average Bonchev–Trinajstić information content (AvgIpc) is 3.03. The summed E-state index contributed by atoms with van der Waals surface area (Å²) in [5.41, 5.74) is 1.53. The molecule has 1 fully saturated rings. The third-order valence-corrected chi connectivity index (χ3v) is 3.39. The molecule has 1 saturated heterocycles. The zero-order valence-corrected chi connectivity index (χ0v) is 10.5. The smallest absolute Gasteiger partial charge is 0.202 e. The van der Waals surface area contributed by atoms with Crippen LogP contribution in [0.15, 0.2) is 22.6 Å². The van der Waals surface area contributed by atoms with Gasteiger partial charge < -0.3 is 19.2 Å². The van der Waals surface area contributed by atoms with Gasteiger partial charge in [0.1, 0.15) is 5.75 Å². The van der Waals surface area contributed by atoms with Crippen LogP contribution in [-0.4, -0.2) is 38.4 Å². The fourth-order valence-electron chi connectivity index (χ4n) is 2.35. The maximum absolute atomic E-state index is 5.82. The summed E-state index contributed by atoms with van der Waals surface area (Å²) < 4.78 is 16.6. The largest absolute Gasteiger partial charge is 0.494 e. The molecule has 0 saturated carbocycles. The van der Waals surface area contributed by atoms with Crippen LogP contribution in [-0.2, 0) is 4.74 Å². The summed E-state index contributed by atoms with van der Waals surface area (Å²) in [7, 11) is 3.56. The van der Waals surface area contributed by atoms with E-state index in [-0.39, 0.29) is 12.0 Å². The molecule has 0 aliphatic carbocycles. The highest BCUT2D eigenvalue weighted by Gasteiger charge is 2.32. The highest BCUT2D eigenvalue weighted by atomic mass is 16.5. The molecule has 18 heavy (non-hydrogen) atoms. The van der Waals surface area contributed by atoms with Crippen molar-refractivity contribution in [3.05, 3.63) is 24.1 Å². The molecule has 5 heteroatoms. The first-order valence-electron chi connectivity index (χ1n) is 6.02. The van der Waals surface area contributed by atoms with Gasteiger partial charge in [0, 0.05) is 6.04 Å². The van der Waals surface area contributed by atoms with Crippen LogP contribution in [0.25, 0.3) is 11.1 Å². The molecule has 1 aromatic heterocycles. The van der Waals surface area contributed by atoms with Crippen molar-refractivity contribution in [3.63, 3.8) is 0 Å². The molecule has 0 radical (unpaired) electrons. The lowest BCUT2D eigenvalue weighted by Crippen LogP contribution is -2.31. The van der Waals surface area contributed by atoms with Crippen molar-refractivity contribution in [2.24, 2.45) is 0 Å². The van der Waals surface area contributed by atoms with E-state index >= 15 is 0 Å². The minimum absolute atomic E-state index is 0.159. The lowest BCUT2D eigenvalue weighted by molar-refractivity contribution is 0.186. The number of ether oxygens (including phenoxy) is 2. The Balaban J connectivity index is 2.03. The van der Waals surface area contributed by atoms with Crippen molar-refractivity contribution in [3.8, 4) is 5.75 Å². The topological polar surface area (TPSA) is 56.5 Å². The molecule has 1 aliphatic rings. The molecule has 3 rings (SSSR count). The summed E-state index contributed by atoms with van der Waals surface area (Å²) >= 11 is 0. The molecule has 1 aliphatic heterocycles. The van der Waals surface area contributed by atoms with Gasteiger partial charge in [-0.3, -0.25) is 0 Å². The SMILES string of the molecule is CNC1COCC1c1nc2c(OC)cccc2o1. The van der Waals surface area contributed by atoms with E-state index in [2.05, 4.69) is 10.3 Å². The van der Waals surface area contributed by atoms with E-state index < -0.39 is 0 Å². The van der Waals surface area contributed by atoms with Crippen molar-refractivity contribution < 1.29 is 13.9 Å². The fraction of sp³-hybridized carbons (Fsp3) is 0.462. The summed E-state index contributed by atoms with van der Waals surface area (Å²) in [5.74, 6) is 1.61. The number of hydrogen-bond acceptors (Lipinski definition) is 5. The van der Waals surface area contributed by atoms with Crippen molar-refractivity contribution in [1.29, 1.82) is 0 Å². The van der Waals surface area contributed by atoms with Gasteiger partial charge in [0.15, 0.2) is 11.1 Å². The molecule has 2 heterocycles. The first-order valence-corrected chi connectivity index (χ1v) is 6.02. The predicted molar refractivity (Wildman–Crippen MR) is 67.0 cm³/mol. The van der Waals surface area contributed by atoms with Gasteiger partial charge in [-0.15, -0.1) is 0 Å². The van der Waals surface area contributed by atoms with Crippen molar-refractivity contribution in [2.75, 3.05) is 27.4 Å². The molecule has 0 spiro atoms. The van der Waals surface area contributed by atoms with Crippen LogP contribution in [0.5, 0.6) is 5.75 Å². The number of para-hydroxylation sites is 1. The quantitative estimate of drug-likeness (QED) is 0.892. The number of benzene rings is 1. The minimum Gasteiger partial charge on any atom is -0.494 e. The maximum atomic E-state index is 5.82. The minimum atomic E-state index is 0.159. The van der Waals surface area contributed by atoms with E-state index in [0.717, 1.165) is 16.8 Å². The van der Waals surface area contributed by atoms with Crippen molar-refractivity contribution in [2.45, 2.75) is 12.0 Å². The predicted octanol–water partition coefficient (Wildman–Crippen LogP) is 1.54. The summed E-state index contributed by atoms with van der Waals surface area (Å²) in [5, 5.41) is 3.23. The van der Waals surface area contributed by atoms with E-state index in [1.807, 2.05) is 25.2 Å². The van der Waals surface area contributed by atoms with Crippen LogP contribution in [0.4, 0.5) is 0 Å². The molecule has 96 valence electrons. The second-order valence-corrected chi connectivity index (χ2v) is 4.40. The number of oxazole rings is 1. The van der Waals surface area contributed by atoms with Gasteiger partial charge in [-0.1, -0.05) is 6.07 Å². The molecule has 0 bridgehead atoms. The first kappa shape index (κ1) is 11.5. The van der Waals surface area contributed by atoms with E-state index in [0.29, 0.717) is 19.1 Å². The van der Waals surface area contributed by atoms with Gasteiger partial charge in [-0.2, -0.15) is 0 Å². The zero-order valence-electron chi connectivity index (χ0n) is 10.5. The van der Waals surface area contributed by atoms with Gasteiger partial charge in [-0.25, -0.2) is 4.98 Å². The fourth-order valence-corrected chi connectivity index (χ4v) is 2.35. The molecule has 2 aromatic rings. The molecule has 1 aromatic carbocycles. The lowest BCUT2D eigenvalue weighted by atomic mass is 10.0. The van der Waals surface area contributed by atoms with Gasteiger partial charge in [0.2, 0.25) is 5.89 Å². The summed E-state index contributed by atoms with van der Waals surface area (Å²) in [6, 6.07) is 5.94. The van der Waals surface area contributed by atoms with Gasteiger partial charge in [0.05, 0.1) is 26.2 Å². The second-order valence-electron chi connectivity index (χ2n) is 4.40. The molecule has 2 atom stereocenters. The Bertz CT molecular complexity index is 552. The van der Waals surface area contributed by atoms with E-state index in [9.17, 15) is 0 Å². The highest BCUT2D eigenvalue weighted by Crippen LogP contribution is 2.31. The third kappa shape index (κ3) is 1.76. The van der Waals surface area contributed by atoms with Gasteiger partial charge >= 0.3 is 0 Å². The average molecular weight is 248 g/mol. The number of fused-ring (bicyclic) bond motifs is 1. The zero-order chi connectivity index (χ0) is 12.5. The second kappa shape index (κ2) is 4.59. The molecule has 5 nitrogen and oxygen atoms in total. The maximum Gasteiger partial charge on any atom is 0.202 e. The van der Waals surface area contributed by atoms with E-state index in [1.54, 1.807) is 7.11 Å². The number of likely N-dealkylation sites (N-methyl/N-ethyl adjacent to an activating group) is 1. The molecule has 1 N–H and O–H groups in total. The number of aromatic nitrogens is 1. The van der Waals surface area contributed by atoms with Crippen LogP contribution in [0, 0.1) is 0 Å². The van der Waals surface area contributed by atoms with Crippen molar-refractivity contribution in [1.82, 2.24) is 10.3 Å². The van der Waals surface area contributed by atoms with Crippen molar-refractivity contribution >= 4 is 11.1 Å². The Morgan fingerprint density at radius 2 is 2.28 bits per heavy atom. The van der Waals surface area contributed by atoms with Gasteiger partial charge in [0.25, 0.3) is 0 Å². The number of rotatable bonds is 3. The Morgan fingerprint density at radius 3 is 3.06 bits per heavy atom. The Morgan fingerprint density at radius 1 is 1.39 bits per heavy atom. The van der Waals surface area contributed by atoms with E-state index in [1.165, 1.54) is 0 Å². The number of nitrogens with one attached hydrogen (secondary N) is 1. The number of nitrogens with zero attached hydrogens (tertiary/aromatic N) is 1. The number of methoxy groups -OCH3 is 1. The Kier molecular flexibility index (Phi) is 2.93. The third-order valence-electron chi connectivity index (χ3n) is 3.39. The van der Waals surface area contributed by atoms with E-state index in [4.69, 9.17) is 13.9 Å². The molecule has 0 amide bonds. The van der Waals surface area contributed by atoms with Gasteiger partial charge in [-0.05, 0) is 19.2 Å². The van der Waals surface area contributed by atoms with Crippen LogP contribution >= 0.6 is 0 Å². The van der Waals surface area contributed by atoms with Crippen LogP contribution < -0.4 is 10.1 Å². The monoisotopic (exact) mass is 248 g/mol. The lowest BCUT2D eigenvalue weighted by Gasteiger charge is -2.12. The standard InChI is InChI=1S/C13H16N2O3/c1-14-9-7-17-6-8(9)13-15-12-10(16-2)4-3-5-11(12)18-13/h3-5,8-9,14H,6-7H2,1-2H3. The first-order chi connectivity index (χ1) is 8.83. The Labute approximate surface area is 105 Å². The number of hydrogen-bond donors (Lipinski definition) is 1. The van der Waals surface area contributed by atoms with Crippen LogP contribution in [0.3, 0.4) is 0 Å². The van der Waals surface area contributed by atoms with Crippen LogP contribution in [0.1, 0.15) is 11.8 Å².